The van der Waals surface area contributed by atoms with Crippen molar-refractivity contribution in [2.75, 3.05) is 19.7 Å². The van der Waals surface area contributed by atoms with Crippen molar-refractivity contribution in [3.8, 4) is 0 Å². The zero-order valence-electron chi connectivity index (χ0n) is 15.5. The summed E-state index contributed by atoms with van der Waals surface area (Å²) in [6.07, 6.45) is 1.77. The number of nitrogens with zero attached hydrogens (tertiary/aromatic N) is 2. The van der Waals surface area contributed by atoms with Crippen LogP contribution in [0.5, 0.6) is 0 Å². The molecule has 27 heavy (non-hydrogen) atoms. The Morgan fingerprint density at radius 1 is 1.19 bits per heavy atom. The summed E-state index contributed by atoms with van der Waals surface area (Å²) in [6.45, 7) is 4.27. The number of ether oxygens (including phenoxy) is 1. The SMILES string of the molecule is Cc1ccc(C(=O)N2CCC(COCc3ccccc3)CC2)cc1[N+](=O)[O-]. The van der Waals surface area contributed by atoms with Crippen LogP contribution in [0.15, 0.2) is 48.5 Å². The molecule has 0 radical (unpaired) electrons. The molecule has 1 heterocycles. The Labute approximate surface area is 158 Å². The maximum Gasteiger partial charge on any atom is 0.273 e. The second-order valence-electron chi connectivity index (χ2n) is 6.99. The molecule has 1 amide bonds. The summed E-state index contributed by atoms with van der Waals surface area (Å²) in [5.74, 6) is 0.298. The van der Waals surface area contributed by atoms with E-state index in [4.69, 9.17) is 4.74 Å². The minimum absolute atomic E-state index is 0.00921. The first-order valence-electron chi connectivity index (χ1n) is 9.20. The Kier molecular flexibility index (Phi) is 6.19. The van der Waals surface area contributed by atoms with Gasteiger partial charge in [0, 0.05) is 36.9 Å². The van der Waals surface area contributed by atoms with Crippen LogP contribution in [0.1, 0.15) is 34.3 Å². The molecule has 6 heteroatoms. The standard InChI is InChI=1S/C21H24N2O4/c1-16-7-8-19(13-20(16)23(25)26)21(24)22-11-9-18(10-12-22)15-27-14-17-5-3-2-4-6-17/h2-8,13,18H,9-12,14-15H2,1H3. The lowest BCUT2D eigenvalue weighted by Gasteiger charge is -2.32. The molecule has 142 valence electrons. The fourth-order valence-corrected chi connectivity index (χ4v) is 3.34. The summed E-state index contributed by atoms with van der Waals surface area (Å²) in [5, 5.41) is 11.1. The van der Waals surface area contributed by atoms with Crippen LogP contribution in [0.4, 0.5) is 5.69 Å². The van der Waals surface area contributed by atoms with Crippen LogP contribution in [0.3, 0.4) is 0 Å². The van der Waals surface area contributed by atoms with Gasteiger partial charge in [-0.25, -0.2) is 0 Å². The van der Waals surface area contributed by atoms with Gasteiger partial charge in [-0.15, -0.1) is 0 Å². The van der Waals surface area contributed by atoms with Crippen molar-refractivity contribution in [3.05, 3.63) is 75.3 Å². The molecular formula is C21H24N2O4. The van der Waals surface area contributed by atoms with Gasteiger partial charge in [-0.3, -0.25) is 14.9 Å². The molecule has 1 aliphatic heterocycles. The fraction of sp³-hybridized carbons (Fsp3) is 0.381. The molecule has 0 atom stereocenters. The van der Waals surface area contributed by atoms with Crippen LogP contribution in [0, 0.1) is 23.0 Å². The van der Waals surface area contributed by atoms with Crippen molar-refractivity contribution in [3.63, 3.8) is 0 Å². The van der Waals surface area contributed by atoms with Crippen LogP contribution >= 0.6 is 0 Å². The molecule has 1 saturated heterocycles. The van der Waals surface area contributed by atoms with Crippen molar-refractivity contribution in [1.29, 1.82) is 0 Å². The van der Waals surface area contributed by atoms with Crippen molar-refractivity contribution in [2.24, 2.45) is 5.92 Å². The molecule has 0 bridgehead atoms. The smallest absolute Gasteiger partial charge is 0.273 e. The van der Waals surface area contributed by atoms with Gasteiger partial charge in [-0.1, -0.05) is 36.4 Å². The topological polar surface area (TPSA) is 72.7 Å². The van der Waals surface area contributed by atoms with E-state index in [1.165, 1.54) is 6.07 Å². The third-order valence-corrected chi connectivity index (χ3v) is 5.02. The quantitative estimate of drug-likeness (QED) is 0.571. The van der Waals surface area contributed by atoms with Gasteiger partial charge in [0.2, 0.25) is 0 Å². The van der Waals surface area contributed by atoms with Gasteiger partial charge >= 0.3 is 0 Å². The monoisotopic (exact) mass is 368 g/mol. The number of carbonyl (C=O) groups excluding carboxylic acids is 1. The fourth-order valence-electron chi connectivity index (χ4n) is 3.34. The normalized spacial score (nSPS) is 14.9. The molecule has 1 fully saturated rings. The number of hydrogen-bond donors (Lipinski definition) is 0. The van der Waals surface area contributed by atoms with E-state index in [1.54, 1.807) is 24.0 Å². The predicted molar refractivity (Wildman–Crippen MR) is 103 cm³/mol. The van der Waals surface area contributed by atoms with Crippen molar-refractivity contribution in [1.82, 2.24) is 4.90 Å². The summed E-state index contributed by atoms with van der Waals surface area (Å²) in [6, 6.07) is 14.8. The second kappa shape index (κ2) is 8.77. The zero-order chi connectivity index (χ0) is 19.2. The Bertz CT molecular complexity index is 799. The Morgan fingerprint density at radius 2 is 1.89 bits per heavy atom. The highest BCUT2D eigenvalue weighted by atomic mass is 16.6. The molecule has 0 saturated carbocycles. The number of carbonyl (C=O) groups is 1. The Balaban J connectivity index is 1.49. The Hall–Kier alpha value is -2.73. The van der Waals surface area contributed by atoms with Crippen molar-refractivity contribution >= 4 is 11.6 Å². The molecular weight excluding hydrogens is 344 g/mol. The van der Waals surface area contributed by atoms with Crippen molar-refractivity contribution in [2.45, 2.75) is 26.4 Å². The van der Waals surface area contributed by atoms with E-state index in [9.17, 15) is 14.9 Å². The van der Waals surface area contributed by atoms with Crippen LogP contribution in [-0.2, 0) is 11.3 Å². The van der Waals surface area contributed by atoms with Gasteiger partial charge in [-0.2, -0.15) is 0 Å². The van der Waals surface area contributed by atoms with Crippen LogP contribution < -0.4 is 0 Å². The predicted octanol–water partition coefficient (Wildman–Crippen LogP) is 3.97. The van der Waals surface area contributed by atoms with Gasteiger partial charge in [0.15, 0.2) is 0 Å². The molecule has 0 aliphatic carbocycles. The van der Waals surface area contributed by atoms with E-state index >= 15 is 0 Å². The molecule has 3 rings (SSSR count). The number of nitro groups is 1. The number of benzene rings is 2. The van der Waals surface area contributed by atoms with E-state index in [1.807, 2.05) is 30.3 Å². The number of likely N-dealkylation sites (tertiary alicyclic amines) is 1. The summed E-state index contributed by atoms with van der Waals surface area (Å²) in [5.41, 5.74) is 2.09. The van der Waals surface area contributed by atoms with E-state index in [0.29, 0.717) is 43.3 Å². The van der Waals surface area contributed by atoms with Gasteiger partial charge in [-0.05, 0) is 37.3 Å². The maximum atomic E-state index is 12.7. The summed E-state index contributed by atoms with van der Waals surface area (Å²) >= 11 is 0. The first-order valence-corrected chi connectivity index (χ1v) is 9.20. The number of amides is 1. The number of nitro benzene ring substituents is 1. The molecule has 0 N–H and O–H groups in total. The zero-order valence-corrected chi connectivity index (χ0v) is 15.5. The molecule has 0 aromatic heterocycles. The van der Waals surface area contributed by atoms with E-state index in [-0.39, 0.29) is 11.6 Å². The Morgan fingerprint density at radius 3 is 2.56 bits per heavy atom. The van der Waals surface area contributed by atoms with Crippen molar-refractivity contribution < 1.29 is 14.5 Å². The summed E-state index contributed by atoms with van der Waals surface area (Å²) in [4.78, 5) is 25.1. The summed E-state index contributed by atoms with van der Waals surface area (Å²) in [7, 11) is 0. The molecule has 6 nitrogen and oxygen atoms in total. The second-order valence-corrected chi connectivity index (χ2v) is 6.99. The van der Waals surface area contributed by atoms with Crippen LogP contribution in [0.25, 0.3) is 0 Å². The number of piperidine rings is 1. The molecule has 2 aromatic carbocycles. The molecule has 1 aliphatic rings. The number of rotatable bonds is 6. The van der Waals surface area contributed by atoms with Gasteiger partial charge < -0.3 is 9.64 Å². The largest absolute Gasteiger partial charge is 0.376 e. The lowest BCUT2D eigenvalue weighted by atomic mass is 9.97. The van der Waals surface area contributed by atoms with Gasteiger partial charge in [0.05, 0.1) is 11.5 Å². The number of aryl methyl sites for hydroxylation is 1. The maximum absolute atomic E-state index is 12.7. The van der Waals surface area contributed by atoms with Crippen LogP contribution in [0.2, 0.25) is 0 Å². The van der Waals surface area contributed by atoms with E-state index in [2.05, 4.69) is 0 Å². The highest BCUT2D eigenvalue weighted by molar-refractivity contribution is 5.95. The minimum atomic E-state index is -0.442. The third-order valence-electron chi connectivity index (χ3n) is 5.02. The highest BCUT2D eigenvalue weighted by Gasteiger charge is 2.25. The van der Waals surface area contributed by atoms with Gasteiger partial charge in [0.25, 0.3) is 11.6 Å². The third kappa shape index (κ3) is 4.92. The molecule has 0 spiro atoms. The first kappa shape index (κ1) is 19.0. The average Bonchev–Trinajstić information content (AvgIpc) is 2.69. The average molecular weight is 368 g/mol. The lowest BCUT2D eigenvalue weighted by molar-refractivity contribution is -0.385. The van der Waals surface area contributed by atoms with Crippen LogP contribution in [-0.4, -0.2) is 35.4 Å². The lowest BCUT2D eigenvalue weighted by Crippen LogP contribution is -2.39. The van der Waals surface area contributed by atoms with E-state index < -0.39 is 4.92 Å². The highest BCUT2D eigenvalue weighted by Crippen LogP contribution is 2.23. The van der Waals surface area contributed by atoms with Gasteiger partial charge in [0.1, 0.15) is 0 Å². The minimum Gasteiger partial charge on any atom is -0.376 e. The molecule has 2 aromatic rings. The summed E-state index contributed by atoms with van der Waals surface area (Å²) < 4.78 is 5.82. The molecule has 0 unspecified atom stereocenters. The van der Waals surface area contributed by atoms with E-state index in [0.717, 1.165) is 18.4 Å². The first-order chi connectivity index (χ1) is 13.0. The number of hydrogen-bond acceptors (Lipinski definition) is 4.